The molecule has 0 aromatic carbocycles. The maximum atomic E-state index is 12.3. The fraction of sp³-hybridized carbons (Fsp3) is 0.920. The lowest BCUT2D eigenvalue weighted by atomic mass is 10.0. The maximum Gasteiger partial charge on any atom is 0.306 e. The standard InChI is InChI=1S/C25H47NO3/c1-3-5-7-9-11-13-17-23(18-14-12-10-8-6-4-2)29-25(28)20-16-22-26-21-15-19-24(26)27/h23H,3-22H2,1-2H3. The van der Waals surface area contributed by atoms with E-state index in [1.165, 1.54) is 77.0 Å². The molecule has 1 aliphatic rings. The first-order chi connectivity index (χ1) is 14.2. The van der Waals surface area contributed by atoms with Gasteiger partial charge >= 0.3 is 5.97 Å². The van der Waals surface area contributed by atoms with Crippen molar-refractivity contribution in [3.05, 3.63) is 0 Å². The van der Waals surface area contributed by atoms with Crippen molar-refractivity contribution < 1.29 is 14.3 Å². The smallest absolute Gasteiger partial charge is 0.306 e. The second-order valence-electron chi connectivity index (χ2n) is 8.81. The van der Waals surface area contributed by atoms with E-state index in [1.54, 1.807) is 0 Å². The second kappa shape index (κ2) is 17.8. The number of likely N-dealkylation sites (tertiary alicyclic amines) is 1. The van der Waals surface area contributed by atoms with E-state index in [2.05, 4.69) is 13.8 Å². The van der Waals surface area contributed by atoms with Crippen LogP contribution in [0, 0.1) is 0 Å². The zero-order valence-electron chi connectivity index (χ0n) is 19.4. The van der Waals surface area contributed by atoms with Gasteiger partial charge in [0.05, 0.1) is 0 Å². The van der Waals surface area contributed by atoms with Gasteiger partial charge in [-0.05, 0) is 38.5 Å². The molecule has 1 aliphatic heterocycles. The van der Waals surface area contributed by atoms with Gasteiger partial charge in [0.2, 0.25) is 5.91 Å². The first-order valence-corrected chi connectivity index (χ1v) is 12.6. The fourth-order valence-corrected chi connectivity index (χ4v) is 4.17. The Morgan fingerprint density at radius 2 is 1.41 bits per heavy atom. The zero-order chi connectivity index (χ0) is 21.2. The van der Waals surface area contributed by atoms with Crippen LogP contribution in [0.5, 0.6) is 0 Å². The van der Waals surface area contributed by atoms with E-state index in [0.29, 0.717) is 19.4 Å². The number of hydrogen-bond acceptors (Lipinski definition) is 3. The van der Waals surface area contributed by atoms with Crippen LogP contribution < -0.4 is 0 Å². The van der Waals surface area contributed by atoms with Gasteiger partial charge in [-0.3, -0.25) is 9.59 Å². The number of carbonyl (C=O) groups excluding carboxylic acids is 2. The SMILES string of the molecule is CCCCCCCCC(CCCCCCCC)OC(=O)CCCN1CCCC1=O. The van der Waals surface area contributed by atoms with E-state index in [-0.39, 0.29) is 18.0 Å². The Bertz CT molecular complexity index is 408. The van der Waals surface area contributed by atoms with Gasteiger partial charge in [0.1, 0.15) is 6.10 Å². The highest BCUT2D eigenvalue weighted by Gasteiger charge is 2.20. The van der Waals surface area contributed by atoms with Crippen molar-refractivity contribution in [3.8, 4) is 0 Å². The molecule has 0 aliphatic carbocycles. The predicted molar refractivity (Wildman–Crippen MR) is 121 cm³/mol. The summed E-state index contributed by atoms with van der Waals surface area (Å²) in [5, 5.41) is 0. The third-order valence-corrected chi connectivity index (χ3v) is 6.04. The number of unbranched alkanes of at least 4 members (excludes halogenated alkanes) is 10. The fourth-order valence-electron chi connectivity index (χ4n) is 4.17. The topological polar surface area (TPSA) is 46.6 Å². The molecule has 1 fully saturated rings. The summed E-state index contributed by atoms with van der Waals surface area (Å²) in [6.07, 6.45) is 20.2. The summed E-state index contributed by atoms with van der Waals surface area (Å²) in [5.74, 6) is 0.168. The van der Waals surface area contributed by atoms with Gasteiger partial charge in [-0.25, -0.2) is 0 Å². The highest BCUT2D eigenvalue weighted by Crippen LogP contribution is 2.18. The Balaban J connectivity index is 2.24. The van der Waals surface area contributed by atoms with Crippen LogP contribution >= 0.6 is 0 Å². The Hall–Kier alpha value is -1.06. The van der Waals surface area contributed by atoms with Gasteiger partial charge in [0, 0.05) is 25.9 Å². The van der Waals surface area contributed by atoms with Gasteiger partial charge in [-0.15, -0.1) is 0 Å². The summed E-state index contributed by atoms with van der Waals surface area (Å²) in [4.78, 5) is 25.9. The molecule has 1 heterocycles. The van der Waals surface area contributed by atoms with Crippen molar-refractivity contribution in [2.45, 2.75) is 136 Å². The van der Waals surface area contributed by atoms with Crippen LogP contribution in [0.4, 0.5) is 0 Å². The average molecular weight is 410 g/mol. The van der Waals surface area contributed by atoms with E-state index in [0.717, 1.165) is 32.2 Å². The van der Waals surface area contributed by atoms with Crippen LogP contribution in [-0.4, -0.2) is 36.0 Å². The van der Waals surface area contributed by atoms with E-state index >= 15 is 0 Å². The van der Waals surface area contributed by atoms with Crippen molar-refractivity contribution in [2.75, 3.05) is 13.1 Å². The lowest BCUT2D eigenvalue weighted by Crippen LogP contribution is -2.26. The largest absolute Gasteiger partial charge is 0.462 e. The quantitative estimate of drug-likeness (QED) is 0.174. The number of rotatable bonds is 19. The lowest BCUT2D eigenvalue weighted by Gasteiger charge is -2.19. The summed E-state index contributed by atoms with van der Waals surface area (Å²) in [6.45, 7) is 6.05. The van der Waals surface area contributed by atoms with Gasteiger partial charge in [-0.1, -0.05) is 78.1 Å². The number of hydrogen-bond donors (Lipinski definition) is 0. The minimum absolute atomic E-state index is 0.0707. The molecule has 0 aromatic rings. The van der Waals surface area contributed by atoms with Gasteiger partial charge < -0.3 is 9.64 Å². The van der Waals surface area contributed by atoms with Crippen molar-refractivity contribution in [2.24, 2.45) is 0 Å². The summed E-state index contributed by atoms with van der Waals surface area (Å²) >= 11 is 0. The lowest BCUT2D eigenvalue weighted by molar-refractivity contribution is -0.150. The van der Waals surface area contributed by atoms with Crippen molar-refractivity contribution >= 4 is 11.9 Å². The second-order valence-corrected chi connectivity index (χ2v) is 8.81. The van der Waals surface area contributed by atoms with Crippen LogP contribution in [0.25, 0.3) is 0 Å². The van der Waals surface area contributed by atoms with E-state index in [4.69, 9.17) is 4.74 Å². The molecule has 0 bridgehead atoms. The third-order valence-electron chi connectivity index (χ3n) is 6.04. The number of ether oxygens (including phenoxy) is 1. The number of esters is 1. The Morgan fingerprint density at radius 3 is 1.93 bits per heavy atom. The first-order valence-electron chi connectivity index (χ1n) is 12.6. The van der Waals surface area contributed by atoms with E-state index in [9.17, 15) is 9.59 Å². The van der Waals surface area contributed by atoms with Crippen LogP contribution in [0.3, 0.4) is 0 Å². The molecule has 0 N–H and O–H groups in total. The third kappa shape index (κ3) is 13.7. The molecule has 1 saturated heterocycles. The highest BCUT2D eigenvalue weighted by atomic mass is 16.5. The van der Waals surface area contributed by atoms with Crippen molar-refractivity contribution in [3.63, 3.8) is 0 Å². The zero-order valence-corrected chi connectivity index (χ0v) is 19.4. The summed E-state index contributed by atoms with van der Waals surface area (Å²) < 4.78 is 5.86. The first kappa shape index (κ1) is 26.0. The molecule has 4 nitrogen and oxygen atoms in total. The molecule has 1 rings (SSSR count). The number of amides is 1. The molecular weight excluding hydrogens is 362 g/mol. The van der Waals surface area contributed by atoms with Crippen LogP contribution in [-0.2, 0) is 14.3 Å². The molecule has 0 unspecified atom stereocenters. The van der Waals surface area contributed by atoms with Crippen LogP contribution in [0.1, 0.15) is 129 Å². The molecule has 0 atom stereocenters. The van der Waals surface area contributed by atoms with Gasteiger partial charge in [0.15, 0.2) is 0 Å². The maximum absolute atomic E-state index is 12.3. The Kier molecular flexibility index (Phi) is 15.9. The predicted octanol–water partition coefficient (Wildman–Crippen LogP) is 6.80. The Labute approximate surface area is 180 Å². The van der Waals surface area contributed by atoms with Crippen molar-refractivity contribution in [1.29, 1.82) is 0 Å². The molecule has 0 spiro atoms. The van der Waals surface area contributed by atoms with Gasteiger partial charge in [-0.2, -0.15) is 0 Å². The van der Waals surface area contributed by atoms with Crippen LogP contribution in [0.15, 0.2) is 0 Å². The normalized spacial score (nSPS) is 14.2. The highest BCUT2D eigenvalue weighted by molar-refractivity contribution is 5.78. The summed E-state index contributed by atoms with van der Waals surface area (Å²) in [5.41, 5.74) is 0. The monoisotopic (exact) mass is 409 g/mol. The number of carbonyl (C=O) groups is 2. The molecule has 0 aromatic heterocycles. The Morgan fingerprint density at radius 1 is 0.862 bits per heavy atom. The van der Waals surface area contributed by atoms with Gasteiger partial charge in [0.25, 0.3) is 0 Å². The minimum atomic E-state index is -0.0707. The van der Waals surface area contributed by atoms with Crippen molar-refractivity contribution in [1.82, 2.24) is 4.90 Å². The van der Waals surface area contributed by atoms with E-state index < -0.39 is 0 Å². The molecule has 1 amide bonds. The number of nitrogens with zero attached hydrogens (tertiary/aromatic N) is 1. The molecular formula is C25H47NO3. The van der Waals surface area contributed by atoms with Crippen LogP contribution in [0.2, 0.25) is 0 Å². The minimum Gasteiger partial charge on any atom is -0.462 e. The summed E-state index contributed by atoms with van der Waals surface area (Å²) in [7, 11) is 0. The molecule has 0 radical (unpaired) electrons. The molecule has 0 saturated carbocycles. The molecule has 4 heteroatoms. The molecule has 29 heavy (non-hydrogen) atoms. The molecule has 170 valence electrons. The van der Waals surface area contributed by atoms with E-state index in [1.807, 2.05) is 4.90 Å². The summed E-state index contributed by atoms with van der Waals surface area (Å²) in [6, 6.07) is 0. The average Bonchev–Trinajstić information content (AvgIpc) is 3.11.